The van der Waals surface area contributed by atoms with Gasteiger partial charge in [0, 0.05) is 25.1 Å². The first-order valence-corrected chi connectivity index (χ1v) is 8.77. The van der Waals surface area contributed by atoms with Gasteiger partial charge in [0.2, 0.25) is 5.91 Å². The lowest BCUT2D eigenvalue weighted by atomic mass is 10.0. The van der Waals surface area contributed by atoms with Crippen LogP contribution in [0.15, 0.2) is 0 Å². The van der Waals surface area contributed by atoms with E-state index in [2.05, 4.69) is 39.8 Å². The topological polar surface area (TPSA) is 96.0 Å². The van der Waals surface area contributed by atoms with Crippen LogP contribution in [0.25, 0.3) is 0 Å². The molecule has 0 spiro atoms. The first kappa shape index (κ1) is 16.7. The molecule has 0 bridgehead atoms. The number of anilines is 1. The summed E-state index contributed by atoms with van der Waals surface area (Å²) in [6, 6.07) is -0.302. The Labute approximate surface area is 142 Å². The van der Waals surface area contributed by atoms with E-state index in [0.29, 0.717) is 42.6 Å². The van der Waals surface area contributed by atoms with Gasteiger partial charge in [-0.05, 0) is 31.6 Å². The zero-order valence-electron chi connectivity index (χ0n) is 14.3. The number of nitrogens with zero attached hydrogens (tertiary/aromatic N) is 2. The molecule has 1 unspecified atom stereocenters. The molecule has 1 atom stereocenters. The maximum absolute atomic E-state index is 12.2. The van der Waals surface area contributed by atoms with Crippen LogP contribution < -0.4 is 16.0 Å². The van der Waals surface area contributed by atoms with Crippen molar-refractivity contribution in [3.8, 4) is 0 Å². The molecule has 0 saturated carbocycles. The second kappa shape index (κ2) is 7.15. The monoisotopic (exact) mass is 331 g/mol. The van der Waals surface area contributed by atoms with E-state index in [1.807, 2.05) is 0 Å². The lowest BCUT2D eigenvalue weighted by Crippen LogP contribution is -2.40. The summed E-state index contributed by atoms with van der Waals surface area (Å²) < 4.78 is 0. The molecule has 2 aliphatic rings. The van der Waals surface area contributed by atoms with E-state index in [1.54, 1.807) is 0 Å². The molecule has 0 radical (unpaired) electrons. The second-order valence-corrected chi connectivity index (χ2v) is 6.90. The second-order valence-electron chi connectivity index (χ2n) is 6.90. The van der Waals surface area contributed by atoms with E-state index in [1.165, 1.54) is 0 Å². The number of fused-ring (bicyclic) bond motifs is 1. The van der Waals surface area contributed by atoms with Gasteiger partial charge >= 0.3 is 0 Å². The van der Waals surface area contributed by atoms with Crippen molar-refractivity contribution in [2.75, 3.05) is 18.4 Å². The largest absolute Gasteiger partial charge is 0.358 e. The molecule has 3 rings (SSSR count). The summed E-state index contributed by atoms with van der Waals surface area (Å²) >= 11 is 0. The van der Waals surface area contributed by atoms with Crippen molar-refractivity contribution in [2.24, 2.45) is 5.92 Å². The van der Waals surface area contributed by atoms with Crippen LogP contribution in [0.5, 0.6) is 0 Å². The molecule has 24 heavy (non-hydrogen) atoms. The van der Waals surface area contributed by atoms with Crippen molar-refractivity contribution in [1.29, 1.82) is 0 Å². The minimum atomic E-state index is -0.302. The van der Waals surface area contributed by atoms with Crippen LogP contribution >= 0.6 is 0 Å². The van der Waals surface area contributed by atoms with Gasteiger partial charge in [-0.3, -0.25) is 9.59 Å². The predicted octanol–water partition coefficient (Wildman–Crippen LogP) is 1.04. The lowest BCUT2D eigenvalue weighted by Gasteiger charge is -2.23. The summed E-state index contributed by atoms with van der Waals surface area (Å²) in [4.78, 5) is 33.5. The Morgan fingerprint density at radius 1 is 1.17 bits per heavy atom. The number of hydrogen-bond acceptors (Lipinski definition) is 5. The third kappa shape index (κ3) is 3.66. The molecule has 0 aromatic carbocycles. The summed E-state index contributed by atoms with van der Waals surface area (Å²) in [5, 5.41) is 9.05. The summed E-state index contributed by atoms with van der Waals surface area (Å²) in [5.41, 5.74) is 1.27. The molecule has 1 aromatic heterocycles. The summed E-state index contributed by atoms with van der Waals surface area (Å²) in [5.74, 6) is 1.54. The van der Waals surface area contributed by atoms with Crippen molar-refractivity contribution in [1.82, 2.24) is 20.6 Å². The van der Waals surface area contributed by atoms with Crippen LogP contribution in [0.2, 0.25) is 0 Å². The molecule has 1 saturated heterocycles. The molecule has 1 aromatic rings. The average Bonchev–Trinajstić information content (AvgIpc) is 2.73. The smallest absolute Gasteiger partial charge is 0.270 e. The number of nitrogens with one attached hydrogen (secondary N) is 3. The Morgan fingerprint density at radius 2 is 2.00 bits per heavy atom. The highest BCUT2D eigenvalue weighted by atomic mass is 16.2. The number of hydrogen-bond donors (Lipinski definition) is 3. The molecule has 7 heteroatoms. The average molecular weight is 331 g/mol. The normalized spacial score (nSPS) is 20.9. The highest BCUT2D eigenvalue weighted by Gasteiger charge is 2.27. The Balaban J connectivity index is 1.93. The molecule has 7 nitrogen and oxygen atoms in total. The van der Waals surface area contributed by atoms with Crippen LogP contribution in [-0.2, 0) is 17.6 Å². The summed E-state index contributed by atoms with van der Waals surface area (Å²) in [6.45, 7) is 5.48. The summed E-state index contributed by atoms with van der Waals surface area (Å²) in [7, 11) is 0. The quantitative estimate of drug-likeness (QED) is 0.766. The molecule has 1 fully saturated rings. The Bertz CT molecular complexity index is 644. The third-order valence-electron chi connectivity index (χ3n) is 4.37. The van der Waals surface area contributed by atoms with Gasteiger partial charge in [0.05, 0.1) is 0 Å². The fraction of sp³-hybridized carbons (Fsp3) is 0.647. The fourth-order valence-electron chi connectivity index (χ4n) is 3.16. The van der Waals surface area contributed by atoms with Crippen LogP contribution in [0, 0.1) is 5.92 Å². The number of carbonyl (C=O) groups excluding carboxylic acids is 2. The van der Waals surface area contributed by atoms with E-state index in [9.17, 15) is 9.59 Å². The number of amides is 2. The first-order valence-electron chi connectivity index (χ1n) is 8.77. The number of rotatable bonds is 4. The first-order chi connectivity index (χ1) is 11.5. The van der Waals surface area contributed by atoms with Crippen molar-refractivity contribution in [2.45, 2.75) is 52.0 Å². The summed E-state index contributed by atoms with van der Waals surface area (Å²) in [6.07, 6.45) is 4.14. The lowest BCUT2D eigenvalue weighted by molar-refractivity contribution is -0.121. The van der Waals surface area contributed by atoms with E-state index < -0.39 is 0 Å². The third-order valence-corrected chi connectivity index (χ3v) is 4.37. The van der Waals surface area contributed by atoms with Crippen molar-refractivity contribution in [3.05, 3.63) is 17.1 Å². The van der Waals surface area contributed by atoms with Gasteiger partial charge in [-0.1, -0.05) is 13.8 Å². The van der Waals surface area contributed by atoms with Crippen molar-refractivity contribution < 1.29 is 9.59 Å². The molecular formula is C17H25N5O2. The van der Waals surface area contributed by atoms with E-state index >= 15 is 0 Å². The standard InChI is InChI=1S/C17H25N5O2/c1-10(2)9-13-21-14-11(6-8-19-17(14)24)15(22-13)20-12-5-3-4-7-18-16(12)23/h10,12H,3-9H2,1-2H3,(H,18,23)(H,19,24)(H,20,21,22). The van der Waals surface area contributed by atoms with Gasteiger partial charge in [0.1, 0.15) is 23.4 Å². The Hall–Kier alpha value is -2.18. The highest BCUT2D eigenvalue weighted by Crippen LogP contribution is 2.23. The van der Waals surface area contributed by atoms with Gasteiger partial charge in [-0.25, -0.2) is 9.97 Å². The molecular weight excluding hydrogens is 306 g/mol. The Morgan fingerprint density at radius 3 is 2.79 bits per heavy atom. The maximum Gasteiger partial charge on any atom is 0.270 e. The van der Waals surface area contributed by atoms with Crippen LogP contribution in [0.4, 0.5) is 5.82 Å². The molecule has 3 N–H and O–H groups in total. The zero-order chi connectivity index (χ0) is 17.1. The number of aromatic nitrogens is 2. The van der Waals surface area contributed by atoms with E-state index in [-0.39, 0.29) is 17.9 Å². The van der Waals surface area contributed by atoms with Crippen molar-refractivity contribution in [3.63, 3.8) is 0 Å². The van der Waals surface area contributed by atoms with Gasteiger partial charge in [-0.15, -0.1) is 0 Å². The predicted molar refractivity (Wildman–Crippen MR) is 90.9 cm³/mol. The molecule has 130 valence electrons. The SMILES string of the molecule is CC(C)Cc1nc(NC2CCCCNC2=O)c2c(n1)C(=O)NCC2. The highest BCUT2D eigenvalue weighted by molar-refractivity contribution is 5.96. The Kier molecular flexibility index (Phi) is 4.97. The minimum absolute atomic E-state index is 0.00512. The van der Waals surface area contributed by atoms with Crippen LogP contribution in [0.3, 0.4) is 0 Å². The zero-order valence-corrected chi connectivity index (χ0v) is 14.3. The van der Waals surface area contributed by atoms with Gasteiger partial charge in [0.15, 0.2) is 0 Å². The van der Waals surface area contributed by atoms with Crippen LogP contribution in [-0.4, -0.2) is 40.9 Å². The molecule has 3 heterocycles. The fourth-order valence-corrected chi connectivity index (χ4v) is 3.16. The van der Waals surface area contributed by atoms with Gasteiger partial charge < -0.3 is 16.0 Å². The van der Waals surface area contributed by atoms with E-state index in [4.69, 9.17) is 0 Å². The number of carbonyl (C=O) groups is 2. The van der Waals surface area contributed by atoms with Crippen molar-refractivity contribution >= 4 is 17.6 Å². The molecule has 2 aliphatic heterocycles. The van der Waals surface area contributed by atoms with E-state index in [0.717, 1.165) is 31.4 Å². The van der Waals surface area contributed by atoms with Gasteiger partial charge in [-0.2, -0.15) is 0 Å². The molecule has 2 amide bonds. The van der Waals surface area contributed by atoms with Gasteiger partial charge in [0.25, 0.3) is 5.91 Å². The van der Waals surface area contributed by atoms with Crippen LogP contribution in [0.1, 0.15) is 55.0 Å². The molecule has 0 aliphatic carbocycles. The maximum atomic E-state index is 12.2. The minimum Gasteiger partial charge on any atom is -0.358 e.